The second-order valence-corrected chi connectivity index (χ2v) is 3.42. The van der Waals surface area contributed by atoms with Gasteiger partial charge in [-0.05, 0) is 0 Å². The molecular formula is C12H15NO4. The van der Waals surface area contributed by atoms with Crippen LogP contribution in [-0.2, 0) is 19.2 Å². The maximum atomic E-state index is 11.9. The Labute approximate surface area is 99.9 Å². The van der Waals surface area contributed by atoms with E-state index in [0.717, 1.165) is 5.06 Å². The summed E-state index contributed by atoms with van der Waals surface area (Å²) in [5.74, 6) is -0.953. The number of esters is 1. The molecule has 1 aromatic rings. The fourth-order valence-electron chi connectivity index (χ4n) is 1.31. The standard InChI is InChI=1S/C12H15NO4/c1-9(14)17-11(12(15)13(2)16-3)10-7-5-4-6-8-10/h4-8,11H,1-3H3/t11-/m0/s1. The van der Waals surface area contributed by atoms with Crippen LogP contribution in [0, 0.1) is 0 Å². The number of carbonyl (C=O) groups is 2. The molecule has 0 bridgehead atoms. The maximum absolute atomic E-state index is 11.9. The molecule has 17 heavy (non-hydrogen) atoms. The van der Waals surface area contributed by atoms with Crippen LogP contribution in [0.25, 0.3) is 0 Å². The van der Waals surface area contributed by atoms with Crippen molar-refractivity contribution in [1.29, 1.82) is 0 Å². The molecule has 0 spiro atoms. The highest BCUT2D eigenvalue weighted by Crippen LogP contribution is 2.19. The molecule has 0 aliphatic carbocycles. The van der Waals surface area contributed by atoms with E-state index < -0.39 is 18.0 Å². The molecule has 92 valence electrons. The maximum Gasteiger partial charge on any atom is 0.303 e. The number of ether oxygens (including phenoxy) is 1. The monoisotopic (exact) mass is 237 g/mol. The van der Waals surface area contributed by atoms with Crippen LogP contribution < -0.4 is 0 Å². The molecular weight excluding hydrogens is 222 g/mol. The van der Waals surface area contributed by atoms with E-state index in [0.29, 0.717) is 5.56 Å². The van der Waals surface area contributed by atoms with E-state index in [1.807, 2.05) is 6.07 Å². The third-order valence-electron chi connectivity index (χ3n) is 2.19. The molecule has 0 aliphatic heterocycles. The van der Waals surface area contributed by atoms with Gasteiger partial charge in [0.1, 0.15) is 0 Å². The van der Waals surface area contributed by atoms with E-state index in [9.17, 15) is 9.59 Å². The summed E-state index contributed by atoms with van der Waals surface area (Å²) in [7, 11) is 2.83. The molecule has 0 aliphatic rings. The van der Waals surface area contributed by atoms with Gasteiger partial charge in [-0.25, -0.2) is 5.06 Å². The number of amides is 1. The quantitative estimate of drug-likeness (QED) is 0.585. The van der Waals surface area contributed by atoms with E-state index in [1.165, 1.54) is 21.1 Å². The lowest BCUT2D eigenvalue weighted by Crippen LogP contribution is -2.33. The van der Waals surface area contributed by atoms with Crippen molar-refractivity contribution < 1.29 is 19.2 Å². The van der Waals surface area contributed by atoms with Crippen LogP contribution >= 0.6 is 0 Å². The topological polar surface area (TPSA) is 55.8 Å². The minimum absolute atomic E-state index is 0.436. The zero-order chi connectivity index (χ0) is 12.8. The van der Waals surface area contributed by atoms with Gasteiger partial charge in [0, 0.05) is 19.5 Å². The van der Waals surface area contributed by atoms with Crippen LogP contribution in [0.1, 0.15) is 18.6 Å². The van der Waals surface area contributed by atoms with Gasteiger partial charge >= 0.3 is 5.97 Å². The van der Waals surface area contributed by atoms with Crippen LogP contribution in [0.15, 0.2) is 30.3 Å². The van der Waals surface area contributed by atoms with Crippen molar-refractivity contribution in [2.45, 2.75) is 13.0 Å². The molecule has 5 heteroatoms. The Morgan fingerprint density at radius 3 is 2.29 bits per heavy atom. The number of rotatable bonds is 4. The number of hydrogen-bond donors (Lipinski definition) is 0. The lowest BCUT2D eigenvalue weighted by atomic mass is 10.1. The van der Waals surface area contributed by atoms with Crippen molar-refractivity contribution in [2.24, 2.45) is 0 Å². The number of hydroxylamine groups is 2. The Morgan fingerprint density at radius 1 is 1.24 bits per heavy atom. The second kappa shape index (κ2) is 6.00. The fraction of sp³-hybridized carbons (Fsp3) is 0.333. The third kappa shape index (κ3) is 3.57. The minimum atomic E-state index is -0.973. The number of benzene rings is 1. The van der Waals surface area contributed by atoms with E-state index >= 15 is 0 Å². The van der Waals surface area contributed by atoms with Crippen LogP contribution in [0.5, 0.6) is 0 Å². The molecule has 1 rings (SSSR count). The largest absolute Gasteiger partial charge is 0.447 e. The molecule has 1 atom stereocenters. The fourth-order valence-corrected chi connectivity index (χ4v) is 1.31. The van der Waals surface area contributed by atoms with Crippen LogP contribution in [0.4, 0.5) is 0 Å². The summed E-state index contributed by atoms with van der Waals surface area (Å²) < 4.78 is 5.01. The van der Waals surface area contributed by atoms with Gasteiger partial charge in [-0.1, -0.05) is 30.3 Å². The van der Waals surface area contributed by atoms with E-state index in [-0.39, 0.29) is 0 Å². The Bertz CT molecular complexity index is 391. The predicted octanol–water partition coefficient (Wildman–Crippen LogP) is 1.31. The Kier molecular flexibility index (Phi) is 4.66. The summed E-state index contributed by atoms with van der Waals surface area (Å²) in [5, 5.41) is 1.03. The number of likely N-dealkylation sites (N-methyl/N-ethyl adjacent to an activating group) is 1. The molecule has 0 N–H and O–H groups in total. The van der Waals surface area contributed by atoms with Gasteiger partial charge in [-0.15, -0.1) is 0 Å². The molecule has 0 aromatic heterocycles. The lowest BCUT2D eigenvalue weighted by Gasteiger charge is -2.21. The van der Waals surface area contributed by atoms with Crippen LogP contribution in [0.2, 0.25) is 0 Å². The third-order valence-corrected chi connectivity index (χ3v) is 2.19. The van der Waals surface area contributed by atoms with Crippen molar-refractivity contribution in [1.82, 2.24) is 5.06 Å². The van der Waals surface area contributed by atoms with E-state index in [2.05, 4.69) is 0 Å². The lowest BCUT2D eigenvalue weighted by molar-refractivity contribution is -0.184. The van der Waals surface area contributed by atoms with Gasteiger partial charge in [0.25, 0.3) is 5.91 Å². The molecule has 0 saturated carbocycles. The van der Waals surface area contributed by atoms with Gasteiger partial charge in [0.15, 0.2) is 0 Å². The Balaban J connectivity index is 2.96. The highest BCUT2D eigenvalue weighted by molar-refractivity contribution is 5.83. The highest BCUT2D eigenvalue weighted by Gasteiger charge is 2.26. The first-order valence-electron chi connectivity index (χ1n) is 5.10. The van der Waals surface area contributed by atoms with Gasteiger partial charge in [0.2, 0.25) is 6.10 Å². The minimum Gasteiger partial charge on any atom is -0.447 e. The summed E-state index contributed by atoms with van der Waals surface area (Å²) in [5.41, 5.74) is 0.608. The Morgan fingerprint density at radius 2 is 1.82 bits per heavy atom. The van der Waals surface area contributed by atoms with E-state index in [1.54, 1.807) is 24.3 Å². The van der Waals surface area contributed by atoms with Crippen molar-refractivity contribution in [2.75, 3.05) is 14.2 Å². The molecule has 0 radical (unpaired) electrons. The van der Waals surface area contributed by atoms with E-state index in [4.69, 9.17) is 9.57 Å². The number of hydrogen-bond acceptors (Lipinski definition) is 4. The molecule has 5 nitrogen and oxygen atoms in total. The van der Waals surface area contributed by atoms with Gasteiger partial charge in [-0.3, -0.25) is 14.4 Å². The molecule has 0 saturated heterocycles. The zero-order valence-electron chi connectivity index (χ0n) is 10.0. The zero-order valence-corrected chi connectivity index (χ0v) is 10.0. The Hall–Kier alpha value is -1.88. The normalized spacial score (nSPS) is 11.7. The average Bonchev–Trinajstić information content (AvgIpc) is 2.35. The summed E-state index contributed by atoms with van der Waals surface area (Å²) in [6.45, 7) is 1.26. The molecule has 0 heterocycles. The predicted molar refractivity (Wildman–Crippen MR) is 60.7 cm³/mol. The van der Waals surface area contributed by atoms with Gasteiger partial charge in [-0.2, -0.15) is 0 Å². The summed E-state index contributed by atoms with van der Waals surface area (Å²) in [6.07, 6.45) is -0.973. The number of nitrogens with zero attached hydrogens (tertiary/aromatic N) is 1. The smallest absolute Gasteiger partial charge is 0.303 e. The summed E-state index contributed by atoms with van der Waals surface area (Å²) in [6, 6.07) is 8.79. The van der Waals surface area contributed by atoms with Crippen molar-refractivity contribution >= 4 is 11.9 Å². The first kappa shape index (κ1) is 13.2. The van der Waals surface area contributed by atoms with Gasteiger partial charge in [0.05, 0.1) is 7.11 Å². The first-order chi connectivity index (χ1) is 8.06. The number of carbonyl (C=O) groups excluding carboxylic acids is 2. The SMILES string of the molecule is CON(C)C(=O)[C@@H](OC(C)=O)c1ccccc1. The van der Waals surface area contributed by atoms with Crippen molar-refractivity contribution in [3.63, 3.8) is 0 Å². The van der Waals surface area contributed by atoms with Crippen LogP contribution in [0.3, 0.4) is 0 Å². The van der Waals surface area contributed by atoms with Crippen molar-refractivity contribution in [3.05, 3.63) is 35.9 Å². The summed E-state index contributed by atoms with van der Waals surface area (Å²) >= 11 is 0. The summed E-state index contributed by atoms with van der Waals surface area (Å²) in [4.78, 5) is 27.7. The molecule has 1 amide bonds. The first-order valence-corrected chi connectivity index (χ1v) is 5.10. The van der Waals surface area contributed by atoms with Crippen LogP contribution in [-0.4, -0.2) is 31.1 Å². The second-order valence-electron chi connectivity index (χ2n) is 3.42. The highest BCUT2D eigenvalue weighted by atomic mass is 16.7. The molecule has 0 unspecified atom stereocenters. The van der Waals surface area contributed by atoms with Crippen molar-refractivity contribution in [3.8, 4) is 0 Å². The van der Waals surface area contributed by atoms with Gasteiger partial charge < -0.3 is 4.74 Å². The average molecular weight is 237 g/mol. The molecule has 0 fully saturated rings. The molecule has 1 aromatic carbocycles.